The van der Waals surface area contributed by atoms with Gasteiger partial charge in [0.05, 0.1) is 11.1 Å². The number of halogens is 3. The van der Waals surface area contributed by atoms with Crippen LogP contribution in [0.3, 0.4) is 0 Å². The van der Waals surface area contributed by atoms with Crippen LogP contribution in [0.15, 0.2) is 48.5 Å². The third-order valence-electron chi connectivity index (χ3n) is 4.97. The van der Waals surface area contributed by atoms with E-state index in [0.717, 1.165) is 29.5 Å². The Hall–Kier alpha value is -3.13. The molecule has 2 aromatic carbocycles. The summed E-state index contributed by atoms with van der Waals surface area (Å²) in [5.74, 6) is 0.274. The molecule has 2 heterocycles. The number of rotatable bonds is 4. The molecular weight excluding hydrogens is 395 g/mol. The van der Waals surface area contributed by atoms with Crippen LogP contribution in [-0.4, -0.2) is 23.6 Å². The molecule has 156 valence electrons. The average Bonchev–Trinajstić information content (AvgIpc) is 3.23. The van der Waals surface area contributed by atoms with Crippen molar-refractivity contribution in [3.05, 3.63) is 59.7 Å². The number of aromatic nitrogens is 1. The number of alkyl halides is 3. The number of benzene rings is 2. The highest BCUT2D eigenvalue weighted by molar-refractivity contribution is 5.97. The van der Waals surface area contributed by atoms with Crippen LogP contribution in [0.5, 0.6) is 0 Å². The van der Waals surface area contributed by atoms with Crippen LogP contribution < -0.4 is 10.6 Å². The number of hydrogen-bond donors (Lipinski definition) is 2. The van der Waals surface area contributed by atoms with Gasteiger partial charge in [0, 0.05) is 23.4 Å². The lowest BCUT2D eigenvalue weighted by molar-refractivity contribution is -0.137. The fourth-order valence-corrected chi connectivity index (χ4v) is 3.46. The van der Waals surface area contributed by atoms with Gasteiger partial charge in [0.1, 0.15) is 11.9 Å². The molecule has 4 rings (SSSR count). The molecule has 0 spiro atoms. The molecule has 5 nitrogen and oxygen atoms in total. The van der Waals surface area contributed by atoms with Crippen LogP contribution >= 0.6 is 0 Å². The van der Waals surface area contributed by atoms with Crippen molar-refractivity contribution in [1.29, 1.82) is 0 Å². The first-order valence-electron chi connectivity index (χ1n) is 9.58. The Morgan fingerprint density at radius 2 is 1.97 bits per heavy atom. The number of carbonyl (C=O) groups excluding carboxylic acids is 1. The number of aryl methyl sites for hydroxylation is 1. The lowest BCUT2D eigenvalue weighted by Crippen LogP contribution is -2.26. The first-order valence-corrected chi connectivity index (χ1v) is 9.58. The molecule has 1 aliphatic rings. The Morgan fingerprint density at radius 1 is 1.13 bits per heavy atom. The highest BCUT2D eigenvalue weighted by Gasteiger charge is 2.30. The number of amides is 1. The maximum Gasteiger partial charge on any atom is 0.416 e. The van der Waals surface area contributed by atoms with Gasteiger partial charge in [-0.15, -0.1) is 0 Å². The van der Waals surface area contributed by atoms with Crippen LogP contribution in [0.4, 0.5) is 30.4 Å². The fourth-order valence-electron chi connectivity index (χ4n) is 3.46. The Bertz CT molecular complexity index is 1090. The number of carbonyl (C=O) groups is 1. The lowest BCUT2D eigenvalue weighted by Gasteiger charge is -2.13. The molecule has 0 radical (unpaired) electrons. The number of pyridine rings is 1. The lowest BCUT2D eigenvalue weighted by atomic mass is 10.1. The summed E-state index contributed by atoms with van der Waals surface area (Å²) < 4.78 is 44.2. The molecule has 30 heavy (non-hydrogen) atoms. The van der Waals surface area contributed by atoms with Gasteiger partial charge in [0.2, 0.25) is 0 Å². The van der Waals surface area contributed by atoms with Gasteiger partial charge in [-0.25, -0.2) is 4.98 Å². The van der Waals surface area contributed by atoms with Crippen molar-refractivity contribution in [1.82, 2.24) is 4.98 Å². The van der Waals surface area contributed by atoms with E-state index in [1.165, 1.54) is 6.07 Å². The van der Waals surface area contributed by atoms with Crippen LogP contribution in [0.1, 0.15) is 24.0 Å². The van der Waals surface area contributed by atoms with E-state index >= 15 is 0 Å². The summed E-state index contributed by atoms with van der Waals surface area (Å²) in [5, 5.41) is 6.64. The first kappa shape index (κ1) is 20.2. The van der Waals surface area contributed by atoms with Crippen LogP contribution in [-0.2, 0) is 15.7 Å². The summed E-state index contributed by atoms with van der Waals surface area (Å²) in [4.78, 5) is 16.7. The van der Waals surface area contributed by atoms with E-state index in [-0.39, 0.29) is 5.91 Å². The number of anilines is 3. The van der Waals surface area contributed by atoms with E-state index in [1.54, 1.807) is 24.3 Å². The minimum Gasteiger partial charge on any atom is -0.368 e. The van der Waals surface area contributed by atoms with Crippen molar-refractivity contribution >= 4 is 34.0 Å². The largest absolute Gasteiger partial charge is 0.416 e. The summed E-state index contributed by atoms with van der Waals surface area (Å²) in [7, 11) is 0. The van der Waals surface area contributed by atoms with Crippen LogP contribution in [0.2, 0.25) is 0 Å². The molecule has 1 atom stereocenters. The van der Waals surface area contributed by atoms with Gasteiger partial charge in [-0.05, 0) is 67.8 Å². The van der Waals surface area contributed by atoms with E-state index in [9.17, 15) is 18.0 Å². The summed E-state index contributed by atoms with van der Waals surface area (Å²) in [5.41, 5.74) is 1.77. The predicted octanol–water partition coefficient (Wildman–Crippen LogP) is 5.42. The van der Waals surface area contributed by atoms with Gasteiger partial charge in [-0.2, -0.15) is 13.2 Å². The summed E-state index contributed by atoms with van der Waals surface area (Å²) in [6.45, 7) is 2.48. The third kappa shape index (κ3) is 4.38. The number of fused-ring (bicyclic) bond motifs is 1. The highest BCUT2D eigenvalue weighted by Crippen LogP contribution is 2.32. The Balaban J connectivity index is 1.56. The van der Waals surface area contributed by atoms with Gasteiger partial charge < -0.3 is 15.4 Å². The third-order valence-corrected chi connectivity index (χ3v) is 4.97. The highest BCUT2D eigenvalue weighted by atomic mass is 19.4. The molecule has 0 unspecified atom stereocenters. The SMILES string of the molecule is Cc1cc(Nc2cccc(C(F)(F)F)c2)nc2ccc(NC(=O)[C@H]3CCCO3)cc12. The average molecular weight is 415 g/mol. The second-order valence-electron chi connectivity index (χ2n) is 7.25. The van der Waals surface area contributed by atoms with E-state index in [0.29, 0.717) is 35.7 Å². The van der Waals surface area contributed by atoms with Crippen LogP contribution in [0.25, 0.3) is 10.9 Å². The molecule has 1 aliphatic heterocycles. The van der Waals surface area contributed by atoms with E-state index in [1.807, 2.05) is 13.0 Å². The minimum absolute atomic E-state index is 0.166. The molecule has 1 fully saturated rings. The Labute approximate surface area is 171 Å². The zero-order valence-corrected chi connectivity index (χ0v) is 16.2. The van der Waals surface area contributed by atoms with Crippen molar-refractivity contribution in [2.24, 2.45) is 0 Å². The van der Waals surface area contributed by atoms with E-state index < -0.39 is 17.8 Å². The molecular formula is C22H20F3N3O2. The van der Waals surface area contributed by atoms with Crippen molar-refractivity contribution < 1.29 is 22.7 Å². The molecule has 1 saturated heterocycles. The second kappa shape index (κ2) is 7.95. The minimum atomic E-state index is -4.41. The molecule has 1 aromatic heterocycles. The number of hydrogen-bond acceptors (Lipinski definition) is 4. The molecule has 8 heteroatoms. The van der Waals surface area contributed by atoms with E-state index in [4.69, 9.17) is 4.74 Å². The second-order valence-corrected chi connectivity index (χ2v) is 7.25. The zero-order valence-electron chi connectivity index (χ0n) is 16.2. The summed E-state index contributed by atoms with van der Waals surface area (Å²) in [6.07, 6.45) is -3.24. The van der Waals surface area contributed by atoms with Crippen molar-refractivity contribution in [3.8, 4) is 0 Å². The standard InChI is InChI=1S/C22H20F3N3O2/c1-13-10-20(26-15-5-2-4-14(11-15)22(23,24)25)28-18-8-7-16(12-17(13)18)27-21(29)19-6-3-9-30-19/h2,4-5,7-8,10-12,19H,3,6,9H2,1H3,(H,26,28)(H,27,29)/t19-/m1/s1. The molecule has 3 aromatic rings. The Kier molecular flexibility index (Phi) is 5.34. The number of nitrogens with one attached hydrogen (secondary N) is 2. The van der Waals surface area contributed by atoms with Crippen LogP contribution in [0, 0.1) is 6.92 Å². The predicted molar refractivity (Wildman–Crippen MR) is 109 cm³/mol. The molecule has 1 amide bonds. The fraction of sp³-hybridized carbons (Fsp3) is 0.273. The van der Waals surface area contributed by atoms with Gasteiger partial charge >= 0.3 is 6.18 Å². The molecule has 0 aliphatic carbocycles. The Morgan fingerprint density at radius 3 is 2.70 bits per heavy atom. The molecule has 0 saturated carbocycles. The van der Waals surface area contributed by atoms with Gasteiger partial charge in [0.15, 0.2) is 0 Å². The molecule has 2 N–H and O–H groups in total. The molecule has 0 bridgehead atoms. The number of ether oxygens (including phenoxy) is 1. The first-order chi connectivity index (χ1) is 14.3. The number of nitrogens with zero attached hydrogens (tertiary/aromatic N) is 1. The maximum absolute atomic E-state index is 12.9. The maximum atomic E-state index is 12.9. The topological polar surface area (TPSA) is 63.2 Å². The van der Waals surface area contributed by atoms with Crippen molar-refractivity contribution in [3.63, 3.8) is 0 Å². The zero-order chi connectivity index (χ0) is 21.3. The smallest absolute Gasteiger partial charge is 0.368 e. The van der Waals surface area contributed by atoms with Crippen molar-refractivity contribution in [2.45, 2.75) is 32.0 Å². The summed E-state index contributed by atoms with van der Waals surface area (Å²) >= 11 is 0. The van der Waals surface area contributed by atoms with Gasteiger partial charge in [-0.1, -0.05) is 6.07 Å². The summed E-state index contributed by atoms with van der Waals surface area (Å²) in [6, 6.07) is 12.1. The van der Waals surface area contributed by atoms with Gasteiger partial charge in [-0.3, -0.25) is 4.79 Å². The van der Waals surface area contributed by atoms with Crippen molar-refractivity contribution in [2.75, 3.05) is 17.2 Å². The van der Waals surface area contributed by atoms with Gasteiger partial charge in [0.25, 0.3) is 5.91 Å². The normalized spacial score (nSPS) is 16.6. The quantitative estimate of drug-likeness (QED) is 0.597. The monoisotopic (exact) mass is 415 g/mol. The van der Waals surface area contributed by atoms with E-state index in [2.05, 4.69) is 15.6 Å².